The lowest BCUT2D eigenvalue weighted by molar-refractivity contribution is -0.130. The molecule has 0 aliphatic rings. The lowest BCUT2D eigenvalue weighted by atomic mass is 10.1. The van der Waals surface area contributed by atoms with Crippen LogP contribution in [0.4, 0.5) is 0 Å². The van der Waals surface area contributed by atoms with E-state index in [1.165, 1.54) is 0 Å². The molecule has 0 aliphatic heterocycles. The largest absolute Gasteiger partial charge is 0.339 e. The Kier molecular flexibility index (Phi) is 4.80. The number of rotatable bonds is 4. The molecule has 0 spiro atoms. The van der Waals surface area contributed by atoms with Gasteiger partial charge in [-0.3, -0.25) is 9.78 Å². The van der Waals surface area contributed by atoms with Crippen LogP contribution in [0.25, 0.3) is 0 Å². The number of aromatic nitrogens is 1. The predicted molar refractivity (Wildman–Crippen MR) is 68.3 cm³/mol. The molecule has 0 saturated carbocycles. The zero-order valence-corrected chi connectivity index (χ0v) is 10.8. The van der Waals surface area contributed by atoms with Gasteiger partial charge in [0.1, 0.15) is 0 Å². The molecule has 0 fully saturated rings. The van der Waals surface area contributed by atoms with Gasteiger partial charge in [0, 0.05) is 13.2 Å². The third-order valence-electron chi connectivity index (χ3n) is 2.39. The third kappa shape index (κ3) is 3.52. The van der Waals surface area contributed by atoms with Crippen LogP contribution < -0.4 is 0 Å². The molecule has 0 saturated heterocycles. The van der Waals surface area contributed by atoms with Crippen molar-refractivity contribution in [2.75, 3.05) is 7.05 Å². The van der Waals surface area contributed by atoms with E-state index in [9.17, 15) is 4.79 Å². The van der Waals surface area contributed by atoms with Crippen molar-refractivity contribution < 1.29 is 4.79 Å². The van der Waals surface area contributed by atoms with Crippen LogP contribution in [0, 0.1) is 5.92 Å². The Morgan fingerprint density at radius 1 is 1.50 bits per heavy atom. The Hall–Kier alpha value is -1.03. The number of hydrogen-bond acceptors (Lipinski definition) is 3. The van der Waals surface area contributed by atoms with Gasteiger partial charge in [-0.25, -0.2) is 0 Å². The molecule has 1 aromatic heterocycles. The molecule has 0 aromatic carbocycles. The first-order valence-electron chi connectivity index (χ1n) is 5.35. The molecule has 0 radical (unpaired) electrons. The summed E-state index contributed by atoms with van der Waals surface area (Å²) in [7, 11) is 1.78. The number of thiol groups is 1. The summed E-state index contributed by atoms with van der Waals surface area (Å²) in [4.78, 5) is 17.8. The normalized spacial score (nSPS) is 12.6. The van der Waals surface area contributed by atoms with Crippen molar-refractivity contribution in [2.24, 2.45) is 5.92 Å². The van der Waals surface area contributed by atoms with Gasteiger partial charge in [0.05, 0.1) is 17.5 Å². The van der Waals surface area contributed by atoms with Gasteiger partial charge in [0.25, 0.3) is 0 Å². The fraction of sp³-hybridized carbons (Fsp3) is 0.500. The van der Waals surface area contributed by atoms with E-state index in [1.807, 2.05) is 32.0 Å². The van der Waals surface area contributed by atoms with Crippen molar-refractivity contribution in [2.45, 2.75) is 25.6 Å². The van der Waals surface area contributed by atoms with Gasteiger partial charge in [0.2, 0.25) is 5.91 Å². The first-order chi connectivity index (χ1) is 7.52. The zero-order valence-electron chi connectivity index (χ0n) is 9.92. The van der Waals surface area contributed by atoms with Crippen LogP contribution in [0.2, 0.25) is 0 Å². The maximum atomic E-state index is 11.9. The van der Waals surface area contributed by atoms with E-state index in [0.29, 0.717) is 6.54 Å². The molecule has 3 nitrogen and oxygen atoms in total. The summed E-state index contributed by atoms with van der Waals surface area (Å²) in [5.41, 5.74) is 0.891. The lowest BCUT2D eigenvalue weighted by Gasteiger charge is -2.22. The summed E-state index contributed by atoms with van der Waals surface area (Å²) in [6.45, 7) is 4.51. The molecule has 1 aromatic rings. The number of nitrogens with zero attached hydrogens (tertiary/aromatic N) is 2. The monoisotopic (exact) mass is 238 g/mol. The quantitative estimate of drug-likeness (QED) is 0.814. The van der Waals surface area contributed by atoms with Crippen LogP contribution in [0.1, 0.15) is 19.5 Å². The summed E-state index contributed by atoms with van der Waals surface area (Å²) in [5, 5.41) is -0.242. The molecule has 0 N–H and O–H groups in total. The maximum absolute atomic E-state index is 11.9. The Morgan fingerprint density at radius 2 is 2.19 bits per heavy atom. The molecule has 0 bridgehead atoms. The van der Waals surface area contributed by atoms with Crippen LogP contribution in [0.15, 0.2) is 24.4 Å². The number of hydrogen-bond donors (Lipinski definition) is 1. The summed E-state index contributed by atoms with van der Waals surface area (Å²) in [5.74, 6) is 0.283. The second kappa shape index (κ2) is 5.89. The minimum Gasteiger partial charge on any atom is -0.339 e. The van der Waals surface area contributed by atoms with Gasteiger partial charge < -0.3 is 4.90 Å². The maximum Gasteiger partial charge on any atom is 0.235 e. The first kappa shape index (κ1) is 13.0. The highest BCUT2D eigenvalue weighted by Crippen LogP contribution is 2.12. The molecule has 1 heterocycles. The highest BCUT2D eigenvalue weighted by atomic mass is 32.1. The van der Waals surface area contributed by atoms with E-state index in [0.717, 1.165) is 5.69 Å². The molecule has 1 atom stereocenters. The Balaban J connectivity index is 2.59. The van der Waals surface area contributed by atoms with Crippen LogP contribution in [0.5, 0.6) is 0 Å². The molecular formula is C12H18N2OS. The van der Waals surface area contributed by atoms with Crippen molar-refractivity contribution in [3.05, 3.63) is 30.1 Å². The Labute approximate surface area is 102 Å². The highest BCUT2D eigenvalue weighted by molar-refractivity contribution is 7.81. The van der Waals surface area contributed by atoms with E-state index in [2.05, 4.69) is 17.6 Å². The zero-order chi connectivity index (χ0) is 12.1. The van der Waals surface area contributed by atoms with Crippen LogP contribution in [-0.2, 0) is 11.3 Å². The van der Waals surface area contributed by atoms with Crippen LogP contribution in [-0.4, -0.2) is 28.1 Å². The van der Waals surface area contributed by atoms with Gasteiger partial charge in [0.15, 0.2) is 0 Å². The lowest BCUT2D eigenvalue weighted by Crippen LogP contribution is -2.35. The van der Waals surface area contributed by atoms with Gasteiger partial charge >= 0.3 is 0 Å². The first-order valence-corrected chi connectivity index (χ1v) is 5.87. The molecule has 1 rings (SSSR count). The summed E-state index contributed by atoms with van der Waals surface area (Å²) >= 11 is 4.31. The molecule has 1 amide bonds. The number of pyridine rings is 1. The van der Waals surface area contributed by atoms with E-state index < -0.39 is 0 Å². The molecular weight excluding hydrogens is 220 g/mol. The average molecular weight is 238 g/mol. The van der Waals surface area contributed by atoms with Crippen molar-refractivity contribution >= 4 is 18.5 Å². The SMILES string of the molecule is CC(C)C(S)C(=O)N(C)Cc1ccccn1. The number of carbonyl (C=O) groups excluding carboxylic acids is 1. The van der Waals surface area contributed by atoms with E-state index in [1.54, 1.807) is 18.1 Å². The van der Waals surface area contributed by atoms with E-state index >= 15 is 0 Å². The minimum absolute atomic E-state index is 0.0454. The molecule has 16 heavy (non-hydrogen) atoms. The van der Waals surface area contributed by atoms with Gasteiger partial charge in [-0.05, 0) is 18.1 Å². The molecule has 0 aliphatic carbocycles. The summed E-state index contributed by atoms with van der Waals surface area (Å²) < 4.78 is 0. The van der Waals surface area contributed by atoms with Gasteiger partial charge in [-0.15, -0.1) is 0 Å². The van der Waals surface area contributed by atoms with Crippen molar-refractivity contribution in [1.82, 2.24) is 9.88 Å². The molecule has 4 heteroatoms. The third-order valence-corrected chi connectivity index (χ3v) is 3.20. The second-order valence-electron chi connectivity index (χ2n) is 4.20. The predicted octanol–water partition coefficient (Wildman–Crippen LogP) is 1.99. The smallest absolute Gasteiger partial charge is 0.235 e. The van der Waals surface area contributed by atoms with Gasteiger partial charge in [-0.1, -0.05) is 19.9 Å². The fourth-order valence-electron chi connectivity index (χ4n) is 1.32. The Bertz CT molecular complexity index is 340. The van der Waals surface area contributed by atoms with Crippen molar-refractivity contribution in [3.63, 3.8) is 0 Å². The standard InChI is InChI=1S/C12H18N2OS/c1-9(2)11(16)12(15)14(3)8-10-6-4-5-7-13-10/h4-7,9,11,16H,8H2,1-3H3. The summed E-state index contributed by atoms with van der Waals surface area (Å²) in [6, 6.07) is 5.69. The number of carbonyl (C=O) groups is 1. The van der Waals surface area contributed by atoms with E-state index in [4.69, 9.17) is 0 Å². The molecule has 1 unspecified atom stereocenters. The molecule has 88 valence electrons. The topological polar surface area (TPSA) is 33.2 Å². The highest BCUT2D eigenvalue weighted by Gasteiger charge is 2.21. The fourth-order valence-corrected chi connectivity index (χ4v) is 1.52. The van der Waals surface area contributed by atoms with Crippen molar-refractivity contribution in [1.29, 1.82) is 0 Å². The van der Waals surface area contributed by atoms with Crippen LogP contribution in [0.3, 0.4) is 0 Å². The number of amides is 1. The van der Waals surface area contributed by atoms with Gasteiger partial charge in [-0.2, -0.15) is 12.6 Å². The average Bonchev–Trinajstić information content (AvgIpc) is 2.28. The van der Waals surface area contributed by atoms with E-state index in [-0.39, 0.29) is 17.1 Å². The second-order valence-corrected chi connectivity index (χ2v) is 4.76. The minimum atomic E-state index is -0.242. The summed E-state index contributed by atoms with van der Waals surface area (Å²) in [6.07, 6.45) is 1.73. The van der Waals surface area contributed by atoms with Crippen molar-refractivity contribution in [3.8, 4) is 0 Å². The van der Waals surface area contributed by atoms with Crippen LogP contribution >= 0.6 is 12.6 Å². The Morgan fingerprint density at radius 3 is 2.69 bits per heavy atom.